The van der Waals surface area contributed by atoms with Crippen molar-refractivity contribution in [3.8, 4) is 0 Å². The van der Waals surface area contributed by atoms with E-state index in [0.717, 1.165) is 27.6 Å². The summed E-state index contributed by atoms with van der Waals surface area (Å²) in [4.78, 5) is 18.0. The van der Waals surface area contributed by atoms with Crippen LogP contribution < -0.4 is 5.56 Å². The van der Waals surface area contributed by atoms with Crippen molar-refractivity contribution in [2.45, 2.75) is 20.1 Å². The van der Waals surface area contributed by atoms with Gasteiger partial charge in [-0.1, -0.05) is 0 Å². The van der Waals surface area contributed by atoms with Gasteiger partial charge in [-0.2, -0.15) is 0 Å². The lowest BCUT2D eigenvalue weighted by Crippen LogP contribution is -2.05. The normalized spacial score (nSPS) is 10.9. The number of aryl methyl sites for hydroxylation is 1. The van der Waals surface area contributed by atoms with Crippen molar-refractivity contribution in [1.82, 2.24) is 9.97 Å². The van der Waals surface area contributed by atoms with Crippen molar-refractivity contribution < 1.29 is 18.3 Å². The second-order valence-corrected chi connectivity index (χ2v) is 5.75. The van der Waals surface area contributed by atoms with E-state index in [1.807, 2.05) is 19.1 Å². The summed E-state index contributed by atoms with van der Waals surface area (Å²) in [5, 5.41) is 1.92. The van der Waals surface area contributed by atoms with Gasteiger partial charge >= 0.3 is 0 Å². The fraction of sp³-hybridized carbons (Fsp3) is 0.263. The fourth-order valence-corrected chi connectivity index (χ4v) is 2.75. The van der Waals surface area contributed by atoms with E-state index < -0.39 is 0 Å². The Labute approximate surface area is 149 Å². The van der Waals surface area contributed by atoms with Gasteiger partial charge in [-0.3, -0.25) is 9.78 Å². The molecule has 7 heteroatoms. The lowest BCUT2D eigenvalue weighted by molar-refractivity contribution is 0.186. The molecule has 0 bridgehead atoms. The topological polar surface area (TPSA) is 90.5 Å². The van der Waals surface area contributed by atoms with Crippen molar-refractivity contribution in [3.05, 3.63) is 64.0 Å². The Morgan fingerprint density at radius 1 is 1.00 bits per heavy atom. The Balaban J connectivity index is 0.000000151. The van der Waals surface area contributed by atoms with Crippen molar-refractivity contribution in [2.75, 3.05) is 14.2 Å². The van der Waals surface area contributed by atoms with Crippen LogP contribution in [0.25, 0.3) is 22.2 Å². The summed E-state index contributed by atoms with van der Waals surface area (Å²) >= 11 is 0. The number of hydrogen-bond donors (Lipinski definition) is 1. The molecule has 136 valence electrons. The Kier molecular flexibility index (Phi) is 5.50. The minimum absolute atomic E-state index is 0.172. The SMILES string of the molecule is COCc1cc(=O)[nH]c2occc12.COCc1cc(C)nc2occc12. The molecule has 0 saturated carbocycles. The summed E-state index contributed by atoms with van der Waals surface area (Å²) < 4.78 is 20.4. The molecule has 0 aromatic carbocycles. The molecule has 0 atom stereocenters. The molecule has 0 aliphatic carbocycles. The zero-order chi connectivity index (χ0) is 18.5. The summed E-state index contributed by atoms with van der Waals surface area (Å²) in [6.45, 7) is 2.96. The molecule has 0 fully saturated rings. The monoisotopic (exact) mass is 356 g/mol. The number of hydrogen-bond acceptors (Lipinski definition) is 6. The van der Waals surface area contributed by atoms with Gasteiger partial charge in [-0.25, -0.2) is 4.98 Å². The number of pyridine rings is 2. The number of H-pyrrole nitrogens is 1. The molecule has 0 spiro atoms. The fourth-order valence-electron chi connectivity index (χ4n) is 2.75. The second kappa shape index (κ2) is 7.99. The third kappa shape index (κ3) is 3.84. The van der Waals surface area contributed by atoms with Crippen LogP contribution in [0.3, 0.4) is 0 Å². The summed E-state index contributed by atoms with van der Waals surface area (Å²) in [7, 11) is 3.27. The third-order valence-electron chi connectivity index (χ3n) is 3.80. The number of aromatic amines is 1. The number of aromatic nitrogens is 2. The van der Waals surface area contributed by atoms with Crippen LogP contribution in [-0.4, -0.2) is 24.2 Å². The number of furan rings is 2. The summed E-state index contributed by atoms with van der Waals surface area (Å²) in [6.07, 6.45) is 3.19. The van der Waals surface area contributed by atoms with Gasteiger partial charge in [0.15, 0.2) is 0 Å². The molecule has 4 aromatic rings. The summed E-state index contributed by atoms with van der Waals surface area (Å²) in [5.74, 6) is 0. The molecule has 4 rings (SSSR count). The van der Waals surface area contributed by atoms with E-state index in [-0.39, 0.29) is 5.56 Å². The smallest absolute Gasteiger partial charge is 0.251 e. The largest absolute Gasteiger partial charge is 0.448 e. The molecule has 26 heavy (non-hydrogen) atoms. The lowest BCUT2D eigenvalue weighted by atomic mass is 10.2. The highest BCUT2D eigenvalue weighted by Crippen LogP contribution is 2.19. The van der Waals surface area contributed by atoms with E-state index in [2.05, 4.69) is 9.97 Å². The minimum Gasteiger partial charge on any atom is -0.448 e. The zero-order valence-electron chi connectivity index (χ0n) is 14.9. The van der Waals surface area contributed by atoms with Crippen molar-refractivity contribution in [2.24, 2.45) is 0 Å². The molecule has 0 aliphatic rings. The van der Waals surface area contributed by atoms with Crippen LogP contribution >= 0.6 is 0 Å². The molecule has 4 heterocycles. The average molecular weight is 356 g/mol. The maximum Gasteiger partial charge on any atom is 0.251 e. The van der Waals surface area contributed by atoms with E-state index in [1.54, 1.807) is 32.8 Å². The Bertz CT molecular complexity index is 1060. The van der Waals surface area contributed by atoms with Gasteiger partial charge in [-0.15, -0.1) is 0 Å². The van der Waals surface area contributed by atoms with Crippen molar-refractivity contribution >= 4 is 22.2 Å². The van der Waals surface area contributed by atoms with Gasteiger partial charge in [0, 0.05) is 36.8 Å². The standard InChI is InChI=1S/C10H11NO2.C9H9NO3/c1-7-5-8(6-12-2)9-3-4-13-10(9)11-7;1-12-5-6-4-8(11)10-9-7(6)2-3-13-9/h3-5H,6H2,1-2H3;2-4H,5H2,1H3,(H,10,11). The Morgan fingerprint density at radius 2 is 1.65 bits per heavy atom. The first-order valence-electron chi connectivity index (χ1n) is 8.03. The summed E-state index contributed by atoms with van der Waals surface area (Å²) in [6, 6.07) is 7.25. The summed E-state index contributed by atoms with van der Waals surface area (Å²) in [5.41, 5.74) is 3.93. The minimum atomic E-state index is -0.172. The van der Waals surface area contributed by atoms with Gasteiger partial charge in [0.2, 0.25) is 11.4 Å². The first kappa shape index (κ1) is 17.9. The highest BCUT2D eigenvalue weighted by molar-refractivity contribution is 5.77. The molecule has 4 aromatic heterocycles. The predicted octanol–water partition coefficient (Wildman–Crippen LogP) is 3.55. The molecule has 0 amide bonds. The van der Waals surface area contributed by atoms with E-state index in [9.17, 15) is 4.79 Å². The maximum absolute atomic E-state index is 11.1. The van der Waals surface area contributed by atoms with Crippen LogP contribution in [0.2, 0.25) is 0 Å². The Hall–Kier alpha value is -2.90. The van der Waals surface area contributed by atoms with Crippen LogP contribution in [0.1, 0.15) is 16.8 Å². The van der Waals surface area contributed by atoms with Gasteiger partial charge < -0.3 is 18.3 Å². The molecule has 0 radical (unpaired) electrons. The van der Waals surface area contributed by atoms with Crippen LogP contribution in [-0.2, 0) is 22.7 Å². The van der Waals surface area contributed by atoms with E-state index >= 15 is 0 Å². The number of nitrogens with zero attached hydrogens (tertiary/aromatic N) is 1. The Morgan fingerprint density at radius 3 is 2.38 bits per heavy atom. The first-order chi connectivity index (χ1) is 12.6. The van der Waals surface area contributed by atoms with Gasteiger partial charge in [0.1, 0.15) is 0 Å². The molecular formula is C19H20N2O5. The van der Waals surface area contributed by atoms with Crippen LogP contribution in [0.5, 0.6) is 0 Å². The van der Waals surface area contributed by atoms with E-state index in [1.165, 1.54) is 6.07 Å². The highest BCUT2D eigenvalue weighted by Gasteiger charge is 2.06. The lowest BCUT2D eigenvalue weighted by Gasteiger charge is -2.01. The van der Waals surface area contributed by atoms with Gasteiger partial charge in [-0.05, 0) is 36.2 Å². The number of nitrogens with one attached hydrogen (secondary N) is 1. The molecule has 0 unspecified atom stereocenters. The maximum atomic E-state index is 11.1. The quantitative estimate of drug-likeness (QED) is 0.601. The average Bonchev–Trinajstić information content (AvgIpc) is 3.24. The third-order valence-corrected chi connectivity index (χ3v) is 3.80. The van der Waals surface area contributed by atoms with Crippen molar-refractivity contribution in [1.29, 1.82) is 0 Å². The number of rotatable bonds is 4. The molecule has 0 saturated heterocycles. The van der Waals surface area contributed by atoms with E-state index in [4.69, 9.17) is 18.3 Å². The second-order valence-electron chi connectivity index (χ2n) is 5.75. The molecule has 1 N–H and O–H groups in total. The number of ether oxygens (including phenoxy) is 2. The highest BCUT2D eigenvalue weighted by atomic mass is 16.5. The molecular weight excluding hydrogens is 336 g/mol. The van der Waals surface area contributed by atoms with Crippen LogP contribution in [0.4, 0.5) is 0 Å². The van der Waals surface area contributed by atoms with Crippen molar-refractivity contribution in [3.63, 3.8) is 0 Å². The van der Waals surface area contributed by atoms with Gasteiger partial charge in [0.25, 0.3) is 5.56 Å². The van der Waals surface area contributed by atoms with Crippen LogP contribution in [0.15, 0.2) is 50.4 Å². The first-order valence-corrected chi connectivity index (χ1v) is 8.03. The van der Waals surface area contributed by atoms with Gasteiger partial charge in [0.05, 0.1) is 25.7 Å². The molecule has 0 aliphatic heterocycles. The number of methoxy groups -OCH3 is 2. The number of fused-ring (bicyclic) bond motifs is 2. The van der Waals surface area contributed by atoms with E-state index in [0.29, 0.717) is 24.6 Å². The molecule has 7 nitrogen and oxygen atoms in total. The predicted molar refractivity (Wildman–Crippen MR) is 97.0 cm³/mol. The zero-order valence-corrected chi connectivity index (χ0v) is 14.9. The van der Waals surface area contributed by atoms with Crippen LogP contribution in [0, 0.1) is 6.92 Å².